The molecule has 1 heterocycles. The number of benzene rings is 1. The zero-order valence-corrected chi connectivity index (χ0v) is 10.7. The lowest BCUT2D eigenvalue weighted by atomic mass is 9.97. The highest BCUT2D eigenvalue weighted by Gasteiger charge is 2.11. The van der Waals surface area contributed by atoms with Crippen molar-refractivity contribution in [2.24, 2.45) is 0 Å². The van der Waals surface area contributed by atoms with Crippen LogP contribution in [0.15, 0.2) is 18.2 Å². The van der Waals surface area contributed by atoms with Gasteiger partial charge in [-0.3, -0.25) is 9.89 Å². The molecule has 0 aliphatic heterocycles. The molecule has 0 atom stereocenters. The van der Waals surface area contributed by atoms with Gasteiger partial charge in [0.15, 0.2) is 0 Å². The van der Waals surface area contributed by atoms with E-state index in [1.165, 1.54) is 5.56 Å². The van der Waals surface area contributed by atoms with Gasteiger partial charge in [-0.1, -0.05) is 17.7 Å². The lowest BCUT2D eigenvalue weighted by Gasteiger charge is -2.08. The fraction of sp³-hybridized carbons (Fsp3) is 0.286. The molecule has 0 fully saturated rings. The van der Waals surface area contributed by atoms with E-state index < -0.39 is 5.97 Å². The number of aliphatic carboxylic acids is 1. The second kappa shape index (κ2) is 4.64. The third kappa shape index (κ3) is 2.42. The van der Waals surface area contributed by atoms with Crippen LogP contribution in [0.1, 0.15) is 22.4 Å². The number of aromatic amines is 1. The number of rotatable bonds is 3. The van der Waals surface area contributed by atoms with Crippen LogP contribution in [-0.2, 0) is 11.2 Å². The van der Waals surface area contributed by atoms with Gasteiger partial charge in [0.05, 0.1) is 12.1 Å². The van der Waals surface area contributed by atoms with Gasteiger partial charge in [-0.25, -0.2) is 0 Å². The molecule has 2 N–H and O–H groups in total. The van der Waals surface area contributed by atoms with Crippen molar-refractivity contribution in [2.45, 2.75) is 27.2 Å². The van der Waals surface area contributed by atoms with Crippen molar-refractivity contribution in [3.05, 3.63) is 40.6 Å². The molecule has 0 bridgehead atoms. The van der Waals surface area contributed by atoms with Crippen LogP contribution in [0.2, 0.25) is 0 Å². The summed E-state index contributed by atoms with van der Waals surface area (Å²) in [4.78, 5) is 10.6. The monoisotopic (exact) mass is 244 g/mol. The zero-order chi connectivity index (χ0) is 13.3. The van der Waals surface area contributed by atoms with Crippen molar-refractivity contribution < 1.29 is 9.90 Å². The predicted octanol–water partition coefficient (Wildman–Crippen LogP) is 2.63. The Morgan fingerprint density at radius 3 is 2.39 bits per heavy atom. The van der Waals surface area contributed by atoms with Gasteiger partial charge in [0.1, 0.15) is 0 Å². The van der Waals surface area contributed by atoms with Gasteiger partial charge in [0.2, 0.25) is 0 Å². The first kappa shape index (κ1) is 12.4. The van der Waals surface area contributed by atoms with Crippen LogP contribution in [0.25, 0.3) is 11.3 Å². The molecule has 0 spiro atoms. The van der Waals surface area contributed by atoms with Gasteiger partial charge in [-0.05, 0) is 38.0 Å². The summed E-state index contributed by atoms with van der Waals surface area (Å²) in [5.74, 6) is -0.859. The average Bonchev–Trinajstić information content (AvgIpc) is 2.63. The highest BCUT2D eigenvalue weighted by molar-refractivity contribution is 5.72. The highest BCUT2D eigenvalue weighted by atomic mass is 16.4. The fourth-order valence-corrected chi connectivity index (χ4v) is 2.33. The Morgan fingerprint density at radius 2 is 1.83 bits per heavy atom. The topological polar surface area (TPSA) is 66.0 Å². The number of aryl methyl sites for hydroxylation is 3. The molecule has 2 rings (SSSR count). The van der Waals surface area contributed by atoms with Crippen LogP contribution in [0, 0.1) is 20.8 Å². The number of aromatic nitrogens is 2. The van der Waals surface area contributed by atoms with Gasteiger partial charge in [-0.2, -0.15) is 5.10 Å². The van der Waals surface area contributed by atoms with E-state index in [0.717, 1.165) is 22.4 Å². The van der Waals surface area contributed by atoms with Crippen molar-refractivity contribution in [1.82, 2.24) is 10.2 Å². The number of nitrogens with one attached hydrogen (secondary N) is 1. The molecule has 2 aromatic rings. The van der Waals surface area contributed by atoms with Crippen LogP contribution >= 0.6 is 0 Å². The Morgan fingerprint density at radius 1 is 1.22 bits per heavy atom. The molecular formula is C14H16N2O2. The lowest BCUT2D eigenvalue weighted by Crippen LogP contribution is -1.99. The zero-order valence-electron chi connectivity index (χ0n) is 10.7. The molecule has 4 heteroatoms. The third-order valence-corrected chi connectivity index (χ3v) is 2.91. The molecule has 1 aromatic heterocycles. The summed E-state index contributed by atoms with van der Waals surface area (Å²) in [6, 6.07) is 6.01. The smallest absolute Gasteiger partial charge is 0.309 e. The molecule has 4 nitrogen and oxygen atoms in total. The van der Waals surface area contributed by atoms with Crippen molar-refractivity contribution in [3.63, 3.8) is 0 Å². The Hall–Kier alpha value is -2.10. The number of hydrogen-bond donors (Lipinski definition) is 2. The second-order valence-electron chi connectivity index (χ2n) is 4.62. The minimum Gasteiger partial charge on any atom is -0.481 e. The highest BCUT2D eigenvalue weighted by Crippen LogP contribution is 2.27. The van der Waals surface area contributed by atoms with Crippen LogP contribution in [0.5, 0.6) is 0 Å². The summed E-state index contributed by atoms with van der Waals surface area (Å²) in [7, 11) is 0. The van der Waals surface area contributed by atoms with E-state index in [1.807, 2.05) is 13.8 Å². The quantitative estimate of drug-likeness (QED) is 0.872. The number of H-pyrrole nitrogens is 1. The van der Waals surface area contributed by atoms with Crippen molar-refractivity contribution in [2.75, 3.05) is 0 Å². The maximum absolute atomic E-state index is 10.6. The number of carboxylic acids is 1. The van der Waals surface area contributed by atoms with Gasteiger partial charge in [-0.15, -0.1) is 0 Å². The lowest BCUT2D eigenvalue weighted by molar-refractivity contribution is -0.136. The molecule has 18 heavy (non-hydrogen) atoms. The first-order chi connectivity index (χ1) is 8.47. The van der Waals surface area contributed by atoms with E-state index in [4.69, 9.17) is 5.11 Å². The molecule has 94 valence electrons. The first-order valence-electron chi connectivity index (χ1n) is 5.81. The number of carbonyl (C=O) groups is 1. The summed E-state index contributed by atoms with van der Waals surface area (Å²) in [5, 5.41) is 15.7. The summed E-state index contributed by atoms with van der Waals surface area (Å²) >= 11 is 0. The summed E-state index contributed by atoms with van der Waals surface area (Å²) < 4.78 is 0. The maximum Gasteiger partial charge on any atom is 0.309 e. The maximum atomic E-state index is 10.6. The fourth-order valence-electron chi connectivity index (χ4n) is 2.33. The van der Waals surface area contributed by atoms with Gasteiger partial charge < -0.3 is 5.11 Å². The van der Waals surface area contributed by atoms with Gasteiger partial charge >= 0.3 is 5.97 Å². The van der Waals surface area contributed by atoms with Crippen LogP contribution in [0.3, 0.4) is 0 Å². The molecular weight excluding hydrogens is 228 g/mol. The van der Waals surface area contributed by atoms with Crippen LogP contribution in [-0.4, -0.2) is 21.3 Å². The predicted molar refractivity (Wildman–Crippen MR) is 69.6 cm³/mol. The molecule has 0 radical (unpaired) electrons. The van der Waals surface area contributed by atoms with E-state index in [2.05, 4.69) is 29.3 Å². The van der Waals surface area contributed by atoms with E-state index >= 15 is 0 Å². The summed E-state index contributed by atoms with van der Waals surface area (Å²) in [6.45, 7) is 6.14. The Labute approximate surface area is 106 Å². The summed E-state index contributed by atoms with van der Waals surface area (Å²) in [6.07, 6.45) is -0.0308. The first-order valence-corrected chi connectivity index (χ1v) is 5.81. The minimum absolute atomic E-state index is 0.0308. The van der Waals surface area contributed by atoms with E-state index in [9.17, 15) is 4.79 Å². The minimum atomic E-state index is -0.859. The largest absolute Gasteiger partial charge is 0.481 e. The molecule has 1 aromatic carbocycles. The van der Waals surface area contributed by atoms with Crippen molar-refractivity contribution >= 4 is 5.97 Å². The molecule has 0 unspecified atom stereocenters. The molecule has 0 amide bonds. The van der Waals surface area contributed by atoms with Gasteiger partial charge in [0.25, 0.3) is 0 Å². The number of carboxylic acid groups (broad SMARTS) is 1. The number of hydrogen-bond acceptors (Lipinski definition) is 2. The normalized spacial score (nSPS) is 10.6. The summed E-state index contributed by atoms with van der Waals surface area (Å²) in [5.41, 5.74) is 6.03. The Bertz CT molecular complexity index is 577. The average molecular weight is 244 g/mol. The standard InChI is InChI=1S/C14H16N2O2/c1-8-4-9(2)14(10(3)5-8)12-6-11(15-16-12)7-13(17)18/h4-6H,7H2,1-3H3,(H,15,16)(H,17,18). The third-order valence-electron chi connectivity index (χ3n) is 2.91. The van der Waals surface area contributed by atoms with Crippen molar-refractivity contribution in [1.29, 1.82) is 0 Å². The molecule has 0 aliphatic carbocycles. The van der Waals surface area contributed by atoms with Gasteiger partial charge in [0, 0.05) is 11.3 Å². The molecule has 0 aliphatic rings. The van der Waals surface area contributed by atoms with Crippen molar-refractivity contribution in [3.8, 4) is 11.3 Å². The molecule has 0 saturated carbocycles. The second-order valence-corrected chi connectivity index (χ2v) is 4.62. The van der Waals surface area contributed by atoms with Crippen LogP contribution in [0.4, 0.5) is 0 Å². The van der Waals surface area contributed by atoms with E-state index in [-0.39, 0.29) is 6.42 Å². The van der Waals surface area contributed by atoms with Crippen LogP contribution < -0.4 is 0 Å². The van der Waals surface area contributed by atoms with E-state index in [0.29, 0.717) is 5.69 Å². The Kier molecular flexibility index (Phi) is 3.19. The number of nitrogens with zero attached hydrogens (tertiary/aromatic N) is 1. The SMILES string of the molecule is Cc1cc(C)c(-c2cc(CC(=O)O)[nH]n2)c(C)c1. The molecule has 0 saturated heterocycles. The van der Waals surface area contributed by atoms with E-state index in [1.54, 1.807) is 6.07 Å². The Balaban J connectivity index is 2.43.